The van der Waals surface area contributed by atoms with Gasteiger partial charge in [-0.3, -0.25) is 0 Å². The molecule has 1 saturated heterocycles. The van der Waals surface area contributed by atoms with Crippen molar-refractivity contribution >= 4 is 17.4 Å². The van der Waals surface area contributed by atoms with E-state index in [-0.39, 0.29) is 19.1 Å². The van der Waals surface area contributed by atoms with Crippen LogP contribution in [0.2, 0.25) is 0 Å². The molecule has 0 spiro atoms. The SMILES string of the molecule is CC[C@H](NC(=O)N1CCC(O)(C(F)(F)F)CC1)c1nccs1. The van der Waals surface area contributed by atoms with Gasteiger partial charge in [-0.1, -0.05) is 6.92 Å². The van der Waals surface area contributed by atoms with E-state index in [1.807, 2.05) is 6.92 Å². The Balaban J connectivity index is 1.93. The molecule has 0 unspecified atom stereocenters. The normalized spacial score (nSPS) is 19.8. The van der Waals surface area contributed by atoms with Crippen LogP contribution >= 0.6 is 11.3 Å². The third-order valence-electron chi connectivity index (χ3n) is 3.86. The fraction of sp³-hybridized carbons (Fsp3) is 0.692. The molecule has 2 amide bonds. The predicted molar refractivity (Wildman–Crippen MR) is 75.5 cm³/mol. The first-order valence-corrected chi connectivity index (χ1v) is 7.89. The third-order valence-corrected chi connectivity index (χ3v) is 4.75. The molecule has 2 heterocycles. The highest BCUT2D eigenvalue weighted by Gasteiger charge is 2.54. The minimum Gasteiger partial charge on any atom is -0.380 e. The van der Waals surface area contributed by atoms with Gasteiger partial charge in [-0.2, -0.15) is 13.2 Å². The number of urea groups is 1. The van der Waals surface area contributed by atoms with Gasteiger partial charge in [0.15, 0.2) is 5.60 Å². The van der Waals surface area contributed by atoms with Crippen LogP contribution < -0.4 is 5.32 Å². The van der Waals surface area contributed by atoms with Crippen molar-refractivity contribution in [1.82, 2.24) is 15.2 Å². The van der Waals surface area contributed by atoms with E-state index < -0.39 is 30.7 Å². The average molecular weight is 337 g/mol. The highest BCUT2D eigenvalue weighted by Crippen LogP contribution is 2.38. The van der Waals surface area contributed by atoms with Crippen molar-refractivity contribution in [2.75, 3.05) is 13.1 Å². The van der Waals surface area contributed by atoms with E-state index in [1.165, 1.54) is 16.2 Å². The highest BCUT2D eigenvalue weighted by atomic mass is 32.1. The first kappa shape index (κ1) is 17.0. The standard InChI is InChI=1S/C13H18F3N3O2S/c1-2-9(10-17-5-8-22-10)18-11(20)19-6-3-12(21,4-7-19)13(14,15)16/h5,8-9,21H,2-4,6-7H2,1H3,(H,18,20)/t9-/m0/s1. The van der Waals surface area contributed by atoms with E-state index in [0.717, 1.165) is 5.01 Å². The summed E-state index contributed by atoms with van der Waals surface area (Å²) in [6.45, 7) is 1.64. The number of piperidine rings is 1. The van der Waals surface area contributed by atoms with Gasteiger partial charge >= 0.3 is 12.2 Å². The van der Waals surface area contributed by atoms with Crippen LogP contribution in [0.4, 0.5) is 18.0 Å². The van der Waals surface area contributed by atoms with Gasteiger partial charge < -0.3 is 15.3 Å². The zero-order valence-electron chi connectivity index (χ0n) is 12.1. The summed E-state index contributed by atoms with van der Waals surface area (Å²) in [5, 5.41) is 14.9. The molecule has 1 aromatic heterocycles. The van der Waals surface area contributed by atoms with Gasteiger partial charge in [0.05, 0.1) is 6.04 Å². The van der Waals surface area contributed by atoms with Crippen LogP contribution in [0.5, 0.6) is 0 Å². The Morgan fingerprint density at radius 1 is 1.55 bits per heavy atom. The molecule has 0 saturated carbocycles. The zero-order chi connectivity index (χ0) is 16.4. The number of aromatic nitrogens is 1. The molecule has 9 heteroatoms. The molecule has 1 aliphatic heterocycles. The fourth-order valence-corrected chi connectivity index (χ4v) is 3.12. The number of thiazole rings is 1. The number of aliphatic hydroxyl groups is 1. The van der Waals surface area contributed by atoms with E-state index in [2.05, 4.69) is 10.3 Å². The smallest absolute Gasteiger partial charge is 0.380 e. The van der Waals surface area contributed by atoms with E-state index in [4.69, 9.17) is 0 Å². The Morgan fingerprint density at radius 3 is 2.64 bits per heavy atom. The second kappa shape index (κ2) is 6.41. The van der Waals surface area contributed by atoms with Crippen molar-refractivity contribution in [3.63, 3.8) is 0 Å². The van der Waals surface area contributed by atoms with Gasteiger partial charge in [0.1, 0.15) is 5.01 Å². The number of rotatable bonds is 3. The van der Waals surface area contributed by atoms with Crippen LogP contribution in [0.25, 0.3) is 0 Å². The Bertz CT molecular complexity index is 499. The highest BCUT2D eigenvalue weighted by molar-refractivity contribution is 7.09. The van der Waals surface area contributed by atoms with Crippen molar-refractivity contribution in [3.8, 4) is 0 Å². The van der Waals surface area contributed by atoms with Gasteiger partial charge in [-0.05, 0) is 6.42 Å². The quantitative estimate of drug-likeness (QED) is 0.891. The summed E-state index contributed by atoms with van der Waals surface area (Å²) in [5.41, 5.74) is -2.69. The largest absolute Gasteiger partial charge is 0.417 e. The van der Waals surface area contributed by atoms with Gasteiger partial charge in [-0.15, -0.1) is 11.3 Å². The molecule has 1 fully saturated rings. The lowest BCUT2D eigenvalue weighted by molar-refractivity contribution is -0.271. The second-order valence-electron chi connectivity index (χ2n) is 5.30. The van der Waals surface area contributed by atoms with Crippen LogP contribution in [0.3, 0.4) is 0 Å². The van der Waals surface area contributed by atoms with Crippen molar-refractivity contribution in [2.24, 2.45) is 0 Å². The molecular formula is C13H18F3N3O2S. The molecule has 1 aliphatic rings. The van der Waals surface area contributed by atoms with Gasteiger partial charge in [-0.25, -0.2) is 9.78 Å². The molecular weight excluding hydrogens is 319 g/mol. The van der Waals surface area contributed by atoms with E-state index in [9.17, 15) is 23.1 Å². The summed E-state index contributed by atoms with van der Waals surface area (Å²) in [7, 11) is 0. The van der Waals surface area contributed by atoms with Crippen molar-refractivity contribution < 1.29 is 23.1 Å². The van der Waals surface area contributed by atoms with Crippen molar-refractivity contribution in [3.05, 3.63) is 16.6 Å². The number of amides is 2. The molecule has 2 N–H and O–H groups in total. The van der Waals surface area contributed by atoms with Gasteiger partial charge in [0, 0.05) is 37.5 Å². The monoisotopic (exact) mass is 337 g/mol. The molecule has 0 radical (unpaired) electrons. The molecule has 22 heavy (non-hydrogen) atoms. The van der Waals surface area contributed by atoms with Crippen LogP contribution in [0, 0.1) is 0 Å². The number of alkyl halides is 3. The summed E-state index contributed by atoms with van der Waals surface area (Å²) in [6, 6.07) is -0.679. The lowest BCUT2D eigenvalue weighted by Gasteiger charge is -2.39. The van der Waals surface area contributed by atoms with E-state index in [0.29, 0.717) is 6.42 Å². The Morgan fingerprint density at radius 2 is 2.18 bits per heavy atom. The lowest BCUT2D eigenvalue weighted by atomic mass is 9.91. The Kier molecular flexibility index (Phi) is 4.96. The topological polar surface area (TPSA) is 65.5 Å². The summed E-state index contributed by atoms with van der Waals surface area (Å²) in [5.74, 6) is 0. The number of nitrogens with one attached hydrogen (secondary N) is 1. The number of carbonyl (C=O) groups excluding carboxylic acids is 1. The van der Waals surface area contributed by atoms with Crippen LogP contribution in [-0.4, -0.2) is 45.9 Å². The third kappa shape index (κ3) is 3.52. The minimum atomic E-state index is -4.66. The Labute approximate surface area is 130 Å². The average Bonchev–Trinajstić information content (AvgIpc) is 2.98. The first-order valence-electron chi connectivity index (χ1n) is 7.01. The number of hydrogen-bond acceptors (Lipinski definition) is 4. The molecule has 124 valence electrons. The number of hydrogen-bond donors (Lipinski definition) is 2. The summed E-state index contributed by atoms with van der Waals surface area (Å²) in [4.78, 5) is 17.6. The number of carbonyl (C=O) groups is 1. The van der Waals surface area contributed by atoms with Gasteiger partial charge in [0.2, 0.25) is 0 Å². The Hall–Kier alpha value is -1.35. The molecule has 0 aromatic carbocycles. The summed E-state index contributed by atoms with van der Waals surface area (Å²) >= 11 is 1.41. The molecule has 1 aromatic rings. The molecule has 0 bridgehead atoms. The number of nitrogens with zero attached hydrogens (tertiary/aromatic N) is 2. The molecule has 0 aliphatic carbocycles. The second-order valence-corrected chi connectivity index (χ2v) is 6.22. The number of halogens is 3. The maximum atomic E-state index is 12.7. The molecule has 2 rings (SSSR count). The first-order chi connectivity index (χ1) is 10.3. The maximum Gasteiger partial charge on any atom is 0.417 e. The maximum absolute atomic E-state index is 12.7. The van der Waals surface area contributed by atoms with Gasteiger partial charge in [0.25, 0.3) is 0 Å². The summed E-state index contributed by atoms with van der Waals surface area (Å²) < 4.78 is 38.2. The molecule has 1 atom stereocenters. The van der Waals surface area contributed by atoms with Crippen LogP contribution in [0.1, 0.15) is 37.2 Å². The van der Waals surface area contributed by atoms with Crippen molar-refractivity contribution in [1.29, 1.82) is 0 Å². The van der Waals surface area contributed by atoms with Crippen molar-refractivity contribution in [2.45, 2.75) is 44.0 Å². The lowest BCUT2D eigenvalue weighted by Crippen LogP contribution is -2.56. The fourth-order valence-electron chi connectivity index (χ4n) is 2.35. The number of likely N-dealkylation sites (tertiary alicyclic amines) is 1. The predicted octanol–water partition coefficient (Wildman–Crippen LogP) is 2.69. The molecule has 5 nitrogen and oxygen atoms in total. The van der Waals surface area contributed by atoms with Crippen LogP contribution in [0.15, 0.2) is 11.6 Å². The van der Waals surface area contributed by atoms with E-state index in [1.54, 1.807) is 11.6 Å². The zero-order valence-corrected chi connectivity index (χ0v) is 12.9. The van der Waals surface area contributed by atoms with Crippen LogP contribution in [-0.2, 0) is 0 Å². The van der Waals surface area contributed by atoms with E-state index >= 15 is 0 Å². The minimum absolute atomic E-state index is 0.129. The summed E-state index contributed by atoms with van der Waals surface area (Å²) in [6.07, 6.45) is -3.39.